The van der Waals surface area contributed by atoms with Crippen LogP contribution in [0.15, 0.2) is 146 Å². The Kier molecular flexibility index (Phi) is 18.0. The second kappa shape index (κ2) is 27.2. The Bertz CT molecular complexity index is 4660. The summed E-state index contributed by atoms with van der Waals surface area (Å²) in [4.78, 5) is 99.5. The first-order chi connectivity index (χ1) is 49.1. The number of imide groups is 2. The molecule has 2 aliphatic carbocycles. The quantitative estimate of drug-likeness (QED) is 0.0479. The summed E-state index contributed by atoms with van der Waals surface area (Å²) in [5.74, 6) is -1.73. The fourth-order valence-electron chi connectivity index (χ4n) is 16.6. The normalized spacial score (nSPS) is 15.6. The van der Waals surface area contributed by atoms with Crippen LogP contribution in [0.2, 0.25) is 10.0 Å². The zero-order chi connectivity index (χ0) is 71.1. The molecule has 0 spiro atoms. The summed E-state index contributed by atoms with van der Waals surface area (Å²) in [7, 11) is 0. The number of hydrogen-bond donors (Lipinski definition) is 2. The Morgan fingerprint density at radius 3 is 0.843 bits per heavy atom. The average Bonchev–Trinajstić information content (AvgIpc) is 0.671. The van der Waals surface area contributed by atoms with Gasteiger partial charge in [-0.2, -0.15) is 0 Å². The molecule has 2 N–H and O–H groups in total. The molecule has 15 rings (SSSR count). The van der Waals surface area contributed by atoms with E-state index in [-0.39, 0.29) is 80.7 Å². The molecule has 516 valence electrons. The number of ether oxygens (including phenoxy) is 4. The number of aryl methyl sites for hydroxylation is 8. The Balaban J connectivity index is 1.09. The number of rotatable bonds is 18. The highest BCUT2D eigenvalue weighted by Crippen LogP contribution is 2.59. The first-order valence-corrected chi connectivity index (χ1v) is 36.1. The number of nitrogens with one attached hydrogen (secondary N) is 2. The lowest BCUT2D eigenvalue weighted by molar-refractivity contribution is -0.121. The number of anilines is 2. The van der Waals surface area contributed by atoms with Crippen LogP contribution >= 0.6 is 23.2 Å². The molecule has 2 aliphatic heterocycles. The Labute approximate surface area is 602 Å². The third-order valence-electron chi connectivity index (χ3n) is 20.7. The number of benzene rings is 11. The van der Waals surface area contributed by atoms with E-state index in [0.717, 1.165) is 119 Å². The molecule has 0 radical (unpaired) electrons. The molecule has 2 atom stereocenters. The molecule has 0 saturated heterocycles. The smallest absolute Gasteiger partial charge is 0.262 e. The molecule has 6 amide bonds. The second-order valence-electron chi connectivity index (χ2n) is 28.9. The number of hydrogen-bond acceptors (Lipinski definition) is 10. The summed E-state index contributed by atoms with van der Waals surface area (Å²) in [6.45, 7) is 15.7. The van der Waals surface area contributed by atoms with E-state index in [0.29, 0.717) is 76.7 Å². The zero-order valence-electron chi connectivity index (χ0n) is 58.4. The topological polar surface area (TPSA) is 170 Å². The molecule has 14 nitrogen and oxygen atoms in total. The van der Waals surface area contributed by atoms with Crippen molar-refractivity contribution in [3.63, 3.8) is 0 Å². The molecule has 0 bridgehead atoms. The number of carbonyl (C=O) groups excluding carboxylic acids is 6. The van der Waals surface area contributed by atoms with Gasteiger partial charge in [0, 0.05) is 64.5 Å². The van der Waals surface area contributed by atoms with Gasteiger partial charge >= 0.3 is 0 Å². The van der Waals surface area contributed by atoms with Crippen molar-refractivity contribution in [3.05, 3.63) is 222 Å². The van der Waals surface area contributed by atoms with Gasteiger partial charge in [0.25, 0.3) is 23.6 Å². The predicted molar refractivity (Wildman–Crippen MR) is 403 cm³/mol. The molecular weight excluding hydrogens is 1320 g/mol. The number of halogens is 2. The van der Waals surface area contributed by atoms with Gasteiger partial charge < -0.3 is 29.6 Å². The Morgan fingerprint density at radius 1 is 0.353 bits per heavy atom. The zero-order valence-corrected chi connectivity index (χ0v) is 59.9. The highest BCUT2D eigenvalue weighted by molar-refractivity contribution is 6.45. The van der Waals surface area contributed by atoms with E-state index >= 15 is 28.8 Å². The molecule has 2 unspecified atom stereocenters. The molecule has 0 aromatic heterocycles. The van der Waals surface area contributed by atoms with Crippen LogP contribution in [0.25, 0.3) is 43.1 Å². The van der Waals surface area contributed by atoms with Crippen molar-refractivity contribution >= 4 is 113 Å². The maximum Gasteiger partial charge on any atom is 0.262 e. The van der Waals surface area contributed by atoms with Crippen molar-refractivity contribution in [1.29, 1.82) is 0 Å². The molecule has 2 fully saturated rings. The average molecular weight is 1400 g/mol. The monoisotopic (exact) mass is 1400 g/mol. The number of amides is 6. The highest BCUT2D eigenvalue weighted by Gasteiger charge is 2.47. The Hall–Kier alpha value is -10.3. The van der Waals surface area contributed by atoms with Gasteiger partial charge in [0.2, 0.25) is 11.8 Å². The molecule has 2 heterocycles. The van der Waals surface area contributed by atoms with Gasteiger partial charge in [-0.25, -0.2) is 0 Å². The minimum absolute atomic E-state index is 0.00830. The van der Waals surface area contributed by atoms with Crippen molar-refractivity contribution in [2.24, 2.45) is 11.8 Å². The predicted octanol–water partition coefficient (Wildman–Crippen LogP) is 21.8. The lowest BCUT2D eigenvalue weighted by atomic mass is 9.79. The van der Waals surface area contributed by atoms with Crippen LogP contribution in [0.5, 0.6) is 46.0 Å². The molecule has 16 heteroatoms. The number of fused-ring (bicyclic) bond motifs is 2. The first kappa shape index (κ1) is 67.5. The molecule has 2 saturated carbocycles. The van der Waals surface area contributed by atoms with Crippen molar-refractivity contribution in [1.82, 2.24) is 9.80 Å². The van der Waals surface area contributed by atoms with Gasteiger partial charge in [-0.1, -0.05) is 112 Å². The van der Waals surface area contributed by atoms with Crippen LogP contribution in [0.3, 0.4) is 0 Å². The Morgan fingerprint density at radius 2 is 0.598 bits per heavy atom. The lowest BCUT2D eigenvalue weighted by Crippen LogP contribution is -2.53. The van der Waals surface area contributed by atoms with Gasteiger partial charge in [-0.3, -0.25) is 38.6 Å². The fraction of sp³-hybridized carbons (Fsp3) is 0.279. The van der Waals surface area contributed by atoms with E-state index in [4.69, 9.17) is 42.1 Å². The minimum Gasteiger partial charge on any atom is -0.457 e. The standard InChI is InChI=1S/C86H78Cl2N4O10/c1-45-27-46(2)32-59(31-45)99-69-41-63-73-64(84(96)91(83(63)95)67(39-53-15-11-9-12-16-53)81(93)89-57-23-19-55(87)20-24-57)43-71(101-61-35-49(5)29-50(6)36-61)77-78-72(102-62-37-51(7)30-52(8)38-62)44-66-74-65(42-70(76(80(74)78)75(69)79(73)77)100-60-33-47(3)28-48(4)34-60)85(97)92(86(66)98)68(40-54-17-13-10-14-18-54)82(94)90-58-25-21-56(88)22-26-58/h19-38,41-44,53-54,67-68H,9-18,39-40H2,1-8H3,(H,89,93)(H,90,94). The summed E-state index contributed by atoms with van der Waals surface area (Å²) in [6, 6.07) is 40.8. The van der Waals surface area contributed by atoms with Crippen molar-refractivity contribution in [3.8, 4) is 46.0 Å². The molecule has 11 aromatic carbocycles. The third kappa shape index (κ3) is 12.9. The van der Waals surface area contributed by atoms with E-state index in [1.807, 2.05) is 128 Å². The summed E-state index contributed by atoms with van der Waals surface area (Å²) < 4.78 is 29.6. The SMILES string of the molecule is Cc1cc(C)cc(Oc2cc3c4c(cc(Oc5cc(C)cc(C)c5)c5c6c(Oc7cc(C)cc(C)c7)cc7c8c(cc(Oc9cc(C)cc(C)c9)c(c2c45)c86)C(=O)N(C(CC2CCCCC2)C(=O)Nc2ccc(Cl)cc2)C7=O)C(=O)N(C(CC2CCCCC2)C(=O)Nc2ccc(Cl)cc2)C3=O)c1. The minimum atomic E-state index is -1.29. The molecule has 102 heavy (non-hydrogen) atoms. The second-order valence-corrected chi connectivity index (χ2v) is 29.7. The van der Waals surface area contributed by atoms with Crippen molar-refractivity contribution in [2.75, 3.05) is 10.6 Å². The van der Waals surface area contributed by atoms with Crippen molar-refractivity contribution < 1.29 is 47.7 Å². The van der Waals surface area contributed by atoms with E-state index in [1.54, 1.807) is 72.8 Å². The van der Waals surface area contributed by atoms with E-state index in [2.05, 4.69) is 10.6 Å². The van der Waals surface area contributed by atoms with Crippen LogP contribution in [0, 0.1) is 67.2 Å². The molecular formula is C86H78Cl2N4O10. The maximum atomic E-state index is 16.6. The summed E-state index contributed by atoms with van der Waals surface area (Å²) >= 11 is 12.7. The lowest BCUT2D eigenvalue weighted by Gasteiger charge is -2.37. The largest absolute Gasteiger partial charge is 0.457 e. The summed E-state index contributed by atoms with van der Waals surface area (Å²) in [5, 5.41) is 9.58. The van der Waals surface area contributed by atoms with E-state index in [1.165, 1.54) is 0 Å². The summed E-state index contributed by atoms with van der Waals surface area (Å²) in [5.41, 5.74) is 8.26. The van der Waals surface area contributed by atoms with Crippen LogP contribution in [-0.2, 0) is 9.59 Å². The molecule has 11 aromatic rings. The van der Waals surface area contributed by atoms with Gasteiger partial charge in [-0.15, -0.1) is 0 Å². The number of nitrogens with zero attached hydrogens (tertiary/aromatic N) is 2. The van der Waals surface area contributed by atoms with Gasteiger partial charge in [0.1, 0.15) is 58.1 Å². The van der Waals surface area contributed by atoms with Crippen LogP contribution < -0.4 is 29.6 Å². The molecule has 4 aliphatic rings. The fourth-order valence-corrected chi connectivity index (χ4v) is 16.8. The number of carbonyl (C=O) groups is 6. The van der Waals surface area contributed by atoms with Gasteiger partial charge in [0.15, 0.2) is 0 Å². The summed E-state index contributed by atoms with van der Waals surface area (Å²) in [6.07, 6.45) is 9.48. The third-order valence-corrected chi connectivity index (χ3v) is 21.2. The highest BCUT2D eigenvalue weighted by atomic mass is 35.5. The first-order valence-electron chi connectivity index (χ1n) is 35.4. The van der Waals surface area contributed by atoms with Crippen LogP contribution in [-0.4, -0.2) is 57.3 Å². The van der Waals surface area contributed by atoms with Gasteiger partial charge in [0.05, 0.1) is 22.3 Å². The van der Waals surface area contributed by atoms with Crippen LogP contribution in [0.4, 0.5) is 11.4 Å². The maximum absolute atomic E-state index is 16.6. The van der Waals surface area contributed by atoms with Crippen molar-refractivity contribution in [2.45, 2.75) is 145 Å². The van der Waals surface area contributed by atoms with Gasteiger partial charge in [-0.05, 0) is 246 Å². The van der Waals surface area contributed by atoms with E-state index < -0.39 is 47.5 Å². The van der Waals surface area contributed by atoms with E-state index in [9.17, 15) is 0 Å². The van der Waals surface area contributed by atoms with Crippen LogP contribution in [0.1, 0.15) is 163 Å².